The van der Waals surface area contributed by atoms with Crippen LogP contribution in [0.3, 0.4) is 0 Å². The molecular formula is C16H19N3O2. The summed E-state index contributed by atoms with van der Waals surface area (Å²) in [6.45, 7) is 0. The minimum Gasteiger partial charge on any atom is -0.391 e. The van der Waals surface area contributed by atoms with E-state index in [4.69, 9.17) is 0 Å². The van der Waals surface area contributed by atoms with Crippen LogP contribution in [0, 0.1) is 0 Å². The van der Waals surface area contributed by atoms with E-state index >= 15 is 0 Å². The molecule has 110 valence electrons. The summed E-state index contributed by atoms with van der Waals surface area (Å²) in [5.41, 5.74) is 2.02. The van der Waals surface area contributed by atoms with Crippen molar-refractivity contribution in [2.75, 3.05) is 0 Å². The summed E-state index contributed by atoms with van der Waals surface area (Å²) in [5.74, 6) is -0.159. The number of aliphatic hydroxyl groups excluding tert-OH is 1. The number of aliphatic hydroxyl groups is 1. The Hall–Kier alpha value is -2.01. The van der Waals surface area contributed by atoms with E-state index < -0.39 is 6.10 Å². The molecule has 1 aromatic carbocycles. The highest BCUT2D eigenvalue weighted by atomic mass is 16.3. The molecule has 1 saturated carbocycles. The Labute approximate surface area is 123 Å². The molecule has 1 aliphatic rings. The maximum Gasteiger partial charge on any atom is 0.251 e. The molecule has 0 radical (unpaired) electrons. The Morgan fingerprint density at radius 2 is 1.86 bits per heavy atom. The van der Waals surface area contributed by atoms with E-state index in [2.05, 4.69) is 15.3 Å². The Morgan fingerprint density at radius 3 is 2.71 bits per heavy atom. The number of benzene rings is 1. The molecule has 0 bridgehead atoms. The number of carbonyl (C=O) groups is 1. The quantitative estimate of drug-likeness (QED) is 0.828. The first kappa shape index (κ1) is 13.9. The third-order valence-corrected chi connectivity index (χ3v) is 4.03. The van der Waals surface area contributed by atoms with Gasteiger partial charge in [-0.3, -0.25) is 14.8 Å². The standard InChI is InChI=1S/C16H19N3O2/c20-15-5-3-1-2-4-13(15)19-16(21)11-6-7-12-14(10-11)18-9-8-17-12/h6-10,13,15,20H,1-5H2,(H,19,21). The second-order valence-corrected chi connectivity index (χ2v) is 5.55. The lowest BCUT2D eigenvalue weighted by atomic mass is 10.1. The van der Waals surface area contributed by atoms with Gasteiger partial charge in [0.2, 0.25) is 0 Å². The summed E-state index contributed by atoms with van der Waals surface area (Å²) in [4.78, 5) is 20.7. The summed E-state index contributed by atoms with van der Waals surface area (Å²) in [5, 5.41) is 13.0. The van der Waals surface area contributed by atoms with Crippen molar-refractivity contribution in [3.05, 3.63) is 36.2 Å². The minimum absolute atomic E-state index is 0.155. The fraction of sp³-hybridized carbons (Fsp3) is 0.438. The van der Waals surface area contributed by atoms with E-state index in [0.29, 0.717) is 11.1 Å². The van der Waals surface area contributed by atoms with Gasteiger partial charge in [-0.2, -0.15) is 0 Å². The molecule has 1 amide bonds. The first-order valence-electron chi connectivity index (χ1n) is 7.44. The molecule has 5 nitrogen and oxygen atoms in total. The van der Waals surface area contributed by atoms with Crippen LogP contribution < -0.4 is 5.32 Å². The topological polar surface area (TPSA) is 75.1 Å². The highest BCUT2D eigenvalue weighted by Crippen LogP contribution is 2.19. The van der Waals surface area contributed by atoms with Crippen molar-refractivity contribution >= 4 is 16.9 Å². The Balaban J connectivity index is 1.76. The largest absolute Gasteiger partial charge is 0.391 e. The first-order valence-corrected chi connectivity index (χ1v) is 7.44. The van der Waals surface area contributed by atoms with Gasteiger partial charge in [0.15, 0.2) is 0 Å². The van der Waals surface area contributed by atoms with Crippen LogP contribution in [0.2, 0.25) is 0 Å². The molecule has 1 fully saturated rings. The summed E-state index contributed by atoms with van der Waals surface area (Å²) < 4.78 is 0. The molecule has 2 aromatic rings. The van der Waals surface area contributed by atoms with E-state index in [9.17, 15) is 9.90 Å². The molecule has 1 heterocycles. The Kier molecular flexibility index (Phi) is 4.10. The number of aromatic nitrogens is 2. The smallest absolute Gasteiger partial charge is 0.251 e. The maximum absolute atomic E-state index is 12.3. The molecule has 0 aliphatic heterocycles. The third kappa shape index (κ3) is 3.19. The van der Waals surface area contributed by atoms with E-state index in [1.54, 1.807) is 30.6 Å². The van der Waals surface area contributed by atoms with Crippen molar-refractivity contribution in [1.29, 1.82) is 0 Å². The average Bonchev–Trinajstić information content (AvgIpc) is 2.72. The first-order chi connectivity index (χ1) is 10.2. The summed E-state index contributed by atoms with van der Waals surface area (Å²) >= 11 is 0. The van der Waals surface area contributed by atoms with Crippen LogP contribution in [0.25, 0.3) is 11.0 Å². The van der Waals surface area contributed by atoms with Gasteiger partial charge in [0.25, 0.3) is 5.91 Å². The number of nitrogens with zero attached hydrogens (tertiary/aromatic N) is 2. The van der Waals surface area contributed by atoms with E-state index in [0.717, 1.165) is 37.6 Å². The number of rotatable bonds is 2. The number of carbonyl (C=O) groups excluding carboxylic acids is 1. The van der Waals surface area contributed by atoms with Gasteiger partial charge >= 0.3 is 0 Å². The van der Waals surface area contributed by atoms with Gasteiger partial charge in [0.1, 0.15) is 0 Å². The number of fused-ring (bicyclic) bond motifs is 1. The Morgan fingerprint density at radius 1 is 1.10 bits per heavy atom. The molecule has 0 spiro atoms. The molecule has 5 heteroatoms. The lowest BCUT2D eigenvalue weighted by molar-refractivity contribution is 0.0819. The van der Waals surface area contributed by atoms with Gasteiger partial charge in [0, 0.05) is 18.0 Å². The van der Waals surface area contributed by atoms with Gasteiger partial charge in [0.05, 0.1) is 23.2 Å². The molecular weight excluding hydrogens is 266 g/mol. The highest BCUT2D eigenvalue weighted by Gasteiger charge is 2.23. The van der Waals surface area contributed by atoms with Crippen molar-refractivity contribution in [2.24, 2.45) is 0 Å². The molecule has 2 unspecified atom stereocenters. The van der Waals surface area contributed by atoms with Gasteiger partial charge < -0.3 is 10.4 Å². The van der Waals surface area contributed by atoms with Crippen LogP contribution >= 0.6 is 0 Å². The summed E-state index contributed by atoms with van der Waals surface area (Å²) in [6, 6.07) is 5.12. The molecule has 2 N–H and O–H groups in total. The van der Waals surface area contributed by atoms with Crippen LogP contribution in [0.4, 0.5) is 0 Å². The van der Waals surface area contributed by atoms with Gasteiger partial charge in [-0.1, -0.05) is 19.3 Å². The number of hydrogen-bond acceptors (Lipinski definition) is 4. The Bertz CT molecular complexity index is 644. The summed E-state index contributed by atoms with van der Waals surface area (Å²) in [6.07, 6.45) is 7.58. The minimum atomic E-state index is -0.448. The predicted octanol–water partition coefficient (Wildman–Crippen LogP) is 2.05. The fourth-order valence-electron chi connectivity index (χ4n) is 2.81. The predicted molar refractivity (Wildman–Crippen MR) is 79.9 cm³/mol. The maximum atomic E-state index is 12.3. The van der Waals surface area contributed by atoms with Crippen LogP contribution in [-0.2, 0) is 0 Å². The molecule has 2 atom stereocenters. The molecule has 0 saturated heterocycles. The van der Waals surface area contributed by atoms with E-state index in [1.165, 1.54) is 0 Å². The SMILES string of the molecule is O=C(NC1CCCCCC1O)c1ccc2nccnc2c1. The van der Waals surface area contributed by atoms with E-state index in [-0.39, 0.29) is 11.9 Å². The normalized spacial score (nSPS) is 22.7. The van der Waals surface area contributed by atoms with Crippen molar-refractivity contribution in [3.63, 3.8) is 0 Å². The van der Waals surface area contributed by atoms with Crippen LogP contribution in [-0.4, -0.2) is 33.1 Å². The zero-order chi connectivity index (χ0) is 14.7. The van der Waals surface area contributed by atoms with Crippen molar-refractivity contribution in [3.8, 4) is 0 Å². The lowest BCUT2D eigenvalue weighted by Gasteiger charge is -2.21. The van der Waals surface area contributed by atoms with Crippen LogP contribution in [0.15, 0.2) is 30.6 Å². The highest BCUT2D eigenvalue weighted by molar-refractivity contribution is 5.97. The van der Waals surface area contributed by atoms with E-state index in [1.807, 2.05) is 0 Å². The molecule has 3 rings (SSSR count). The number of hydrogen-bond donors (Lipinski definition) is 2. The van der Waals surface area contributed by atoms with Gasteiger partial charge in [-0.05, 0) is 31.0 Å². The van der Waals surface area contributed by atoms with Gasteiger partial charge in [-0.25, -0.2) is 0 Å². The monoisotopic (exact) mass is 285 g/mol. The number of nitrogens with one attached hydrogen (secondary N) is 1. The zero-order valence-electron chi connectivity index (χ0n) is 11.8. The molecule has 1 aliphatic carbocycles. The second kappa shape index (κ2) is 6.18. The van der Waals surface area contributed by atoms with Crippen molar-refractivity contribution in [2.45, 2.75) is 44.2 Å². The average molecular weight is 285 g/mol. The third-order valence-electron chi connectivity index (χ3n) is 4.03. The van der Waals surface area contributed by atoms with Crippen LogP contribution in [0.1, 0.15) is 42.5 Å². The second-order valence-electron chi connectivity index (χ2n) is 5.55. The zero-order valence-corrected chi connectivity index (χ0v) is 11.8. The van der Waals surface area contributed by atoms with Crippen molar-refractivity contribution < 1.29 is 9.90 Å². The molecule has 1 aromatic heterocycles. The van der Waals surface area contributed by atoms with Crippen molar-refractivity contribution in [1.82, 2.24) is 15.3 Å². The lowest BCUT2D eigenvalue weighted by Crippen LogP contribution is -2.42. The molecule has 21 heavy (non-hydrogen) atoms. The number of amides is 1. The fourth-order valence-corrected chi connectivity index (χ4v) is 2.81. The van der Waals surface area contributed by atoms with Gasteiger partial charge in [-0.15, -0.1) is 0 Å². The van der Waals surface area contributed by atoms with Crippen LogP contribution in [0.5, 0.6) is 0 Å². The summed E-state index contributed by atoms with van der Waals surface area (Å²) in [7, 11) is 0.